The number of nitrogens with one attached hydrogen (secondary N) is 2. The van der Waals surface area contributed by atoms with Gasteiger partial charge in [-0.15, -0.1) is 11.3 Å². The van der Waals surface area contributed by atoms with Gasteiger partial charge in [0, 0.05) is 0 Å². The first-order chi connectivity index (χ1) is 12.1. The van der Waals surface area contributed by atoms with Crippen molar-refractivity contribution in [3.05, 3.63) is 16.5 Å². The Kier molecular flexibility index (Phi) is 6.69. The van der Waals surface area contributed by atoms with Crippen molar-refractivity contribution in [2.24, 2.45) is 5.92 Å². The molecule has 0 saturated carbocycles. The lowest BCUT2D eigenvalue weighted by Crippen LogP contribution is -3.16. The molecule has 0 spiro atoms. The zero-order chi connectivity index (χ0) is 19.5. The zero-order valence-electron chi connectivity index (χ0n) is 15.1. The number of nitrogens with zero attached hydrogens (tertiary/aromatic N) is 2. The monoisotopic (exact) mass is 419 g/mol. The molecular formula is C16H24ClN4O3S2+. The van der Waals surface area contributed by atoms with Crippen LogP contribution in [0.15, 0.2) is 16.3 Å². The Morgan fingerprint density at radius 1 is 1.46 bits per heavy atom. The molecule has 2 heterocycles. The molecule has 0 aliphatic carbocycles. The Labute approximate surface area is 163 Å². The number of piperazine rings is 1. The van der Waals surface area contributed by atoms with Crippen LogP contribution in [0.3, 0.4) is 0 Å². The van der Waals surface area contributed by atoms with Gasteiger partial charge in [-0.25, -0.2) is 8.42 Å². The van der Waals surface area contributed by atoms with E-state index in [1.165, 1.54) is 10.4 Å². The molecule has 0 unspecified atom stereocenters. The van der Waals surface area contributed by atoms with E-state index in [-0.39, 0.29) is 22.6 Å². The van der Waals surface area contributed by atoms with Gasteiger partial charge < -0.3 is 10.2 Å². The Hall–Kier alpha value is -1.18. The molecule has 10 heteroatoms. The fourth-order valence-electron chi connectivity index (χ4n) is 2.65. The average Bonchev–Trinajstić information content (AvgIpc) is 3.02. The standard InChI is InChI=1S/C16H23ClN4O3S2/c1-12(2)16(3,11-18)19-14(22)10-20-6-8-21(9-7-20)26(23,24)15-5-4-13(17)25-15/h4-5,12H,6-10H2,1-3H3,(H,19,22)/p+1/t16-/m1/s1. The SMILES string of the molecule is CC(C)[C@@](C)(C#N)NC(=O)C[NH+]1CCN(S(=O)(=O)c2ccc(Cl)s2)CC1. The molecule has 1 aliphatic rings. The molecule has 1 aliphatic heterocycles. The number of carbonyl (C=O) groups excluding carboxylic acids is 1. The molecule has 1 aromatic rings. The third-order valence-corrected chi connectivity index (χ3v) is 8.37. The van der Waals surface area contributed by atoms with Crippen LogP contribution >= 0.6 is 22.9 Å². The molecule has 2 rings (SSSR count). The molecule has 1 atom stereocenters. The summed E-state index contributed by atoms with van der Waals surface area (Å²) in [5.41, 5.74) is -0.903. The largest absolute Gasteiger partial charge is 0.333 e. The highest BCUT2D eigenvalue weighted by Crippen LogP contribution is 2.28. The molecule has 26 heavy (non-hydrogen) atoms. The molecule has 0 radical (unpaired) electrons. The van der Waals surface area contributed by atoms with Gasteiger partial charge in [0.2, 0.25) is 0 Å². The van der Waals surface area contributed by atoms with Gasteiger partial charge in [0.1, 0.15) is 9.75 Å². The van der Waals surface area contributed by atoms with Crippen LogP contribution in [0.25, 0.3) is 0 Å². The maximum absolute atomic E-state index is 12.6. The molecule has 1 saturated heterocycles. The van der Waals surface area contributed by atoms with E-state index < -0.39 is 15.6 Å². The van der Waals surface area contributed by atoms with Gasteiger partial charge in [0.05, 0.1) is 36.6 Å². The van der Waals surface area contributed by atoms with E-state index in [4.69, 9.17) is 11.6 Å². The highest BCUT2D eigenvalue weighted by Gasteiger charge is 2.34. The second kappa shape index (κ2) is 8.23. The Balaban J connectivity index is 1.91. The fraction of sp³-hybridized carbons (Fsp3) is 0.625. The number of quaternary nitrogens is 1. The number of amides is 1. The molecule has 144 valence electrons. The molecule has 7 nitrogen and oxygen atoms in total. The summed E-state index contributed by atoms with van der Waals surface area (Å²) in [6.45, 7) is 7.48. The zero-order valence-corrected chi connectivity index (χ0v) is 17.5. The normalized spacial score (nSPS) is 19.1. The summed E-state index contributed by atoms with van der Waals surface area (Å²) in [4.78, 5) is 13.3. The number of sulfonamides is 1. The Morgan fingerprint density at radius 3 is 2.54 bits per heavy atom. The quantitative estimate of drug-likeness (QED) is 0.695. The predicted octanol–water partition coefficient (Wildman–Crippen LogP) is 0.345. The van der Waals surface area contributed by atoms with E-state index in [0.717, 1.165) is 16.2 Å². The van der Waals surface area contributed by atoms with E-state index in [2.05, 4.69) is 11.4 Å². The summed E-state index contributed by atoms with van der Waals surface area (Å²) in [6, 6.07) is 5.25. The van der Waals surface area contributed by atoms with Gasteiger partial charge >= 0.3 is 0 Å². The van der Waals surface area contributed by atoms with Gasteiger partial charge in [-0.3, -0.25) is 4.79 Å². The lowest BCUT2D eigenvalue weighted by Gasteiger charge is -2.32. The van der Waals surface area contributed by atoms with Gasteiger partial charge in [-0.2, -0.15) is 9.57 Å². The fourth-order valence-corrected chi connectivity index (χ4v) is 5.72. The van der Waals surface area contributed by atoms with Crippen molar-refractivity contribution in [1.29, 1.82) is 5.26 Å². The van der Waals surface area contributed by atoms with Crippen LogP contribution in [0.4, 0.5) is 0 Å². The van der Waals surface area contributed by atoms with Crippen LogP contribution in [0.1, 0.15) is 20.8 Å². The lowest BCUT2D eigenvalue weighted by atomic mass is 9.90. The first kappa shape index (κ1) is 21.1. The van der Waals surface area contributed by atoms with Crippen LogP contribution in [0.5, 0.6) is 0 Å². The number of hydrogen-bond acceptors (Lipinski definition) is 5. The average molecular weight is 420 g/mol. The molecule has 0 bridgehead atoms. The first-order valence-corrected chi connectivity index (χ1v) is 11.0. The summed E-state index contributed by atoms with van der Waals surface area (Å²) < 4.78 is 27.3. The predicted molar refractivity (Wildman–Crippen MR) is 101 cm³/mol. The highest BCUT2D eigenvalue weighted by atomic mass is 35.5. The molecule has 1 aromatic heterocycles. The molecule has 2 N–H and O–H groups in total. The van der Waals surface area contributed by atoms with Crippen molar-refractivity contribution >= 4 is 38.9 Å². The third-order valence-electron chi connectivity index (χ3n) is 4.77. The Bertz CT molecular complexity index is 795. The van der Waals surface area contributed by atoms with E-state index in [0.29, 0.717) is 30.5 Å². The minimum absolute atomic E-state index is 0.00828. The van der Waals surface area contributed by atoms with Crippen LogP contribution in [0.2, 0.25) is 4.34 Å². The topological polar surface area (TPSA) is 94.7 Å². The summed E-state index contributed by atoms with van der Waals surface area (Å²) >= 11 is 6.88. The summed E-state index contributed by atoms with van der Waals surface area (Å²) in [5, 5.41) is 12.1. The van der Waals surface area contributed by atoms with Gasteiger partial charge in [0.25, 0.3) is 15.9 Å². The van der Waals surface area contributed by atoms with Crippen molar-refractivity contribution in [1.82, 2.24) is 9.62 Å². The molecular weight excluding hydrogens is 396 g/mol. The van der Waals surface area contributed by atoms with E-state index in [1.807, 2.05) is 13.8 Å². The van der Waals surface area contributed by atoms with Crippen LogP contribution in [0, 0.1) is 17.2 Å². The number of carbonyl (C=O) groups is 1. The summed E-state index contributed by atoms with van der Waals surface area (Å²) in [5.74, 6) is -0.204. The van der Waals surface area contributed by atoms with Crippen molar-refractivity contribution in [2.75, 3.05) is 32.7 Å². The van der Waals surface area contributed by atoms with Crippen molar-refractivity contribution in [2.45, 2.75) is 30.5 Å². The van der Waals surface area contributed by atoms with Crippen molar-refractivity contribution in [3.63, 3.8) is 0 Å². The van der Waals surface area contributed by atoms with Gasteiger partial charge in [-0.1, -0.05) is 25.4 Å². The van der Waals surface area contributed by atoms with Crippen LogP contribution in [-0.2, 0) is 14.8 Å². The van der Waals surface area contributed by atoms with E-state index in [1.54, 1.807) is 13.0 Å². The molecule has 0 aromatic carbocycles. The highest BCUT2D eigenvalue weighted by molar-refractivity contribution is 7.91. The lowest BCUT2D eigenvalue weighted by molar-refractivity contribution is -0.895. The van der Waals surface area contributed by atoms with Crippen molar-refractivity contribution < 1.29 is 18.1 Å². The molecule has 1 fully saturated rings. The third kappa shape index (κ3) is 4.75. The number of thiophene rings is 1. The maximum Gasteiger partial charge on any atom is 0.276 e. The number of nitriles is 1. The Morgan fingerprint density at radius 2 is 2.08 bits per heavy atom. The van der Waals surface area contributed by atoms with Crippen LogP contribution in [-0.4, -0.2) is 56.9 Å². The van der Waals surface area contributed by atoms with E-state index in [9.17, 15) is 18.5 Å². The van der Waals surface area contributed by atoms with Crippen LogP contribution < -0.4 is 10.2 Å². The van der Waals surface area contributed by atoms with Gasteiger partial charge in [-0.05, 0) is 25.0 Å². The second-order valence-electron chi connectivity index (χ2n) is 6.91. The maximum atomic E-state index is 12.6. The first-order valence-electron chi connectivity index (χ1n) is 8.40. The smallest absolute Gasteiger partial charge is 0.276 e. The van der Waals surface area contributed by atoms with Gasteiger partial charge in [0.15, 0.2) is 6.54 Å². The minimum Gasteiger partial charge on any atom is -0.333 e. The minimum atomic E-state index is -3.53. The number of hydrogen-bond donors (Lipinski definition) is 2. The second-order valence-corrected chi connectivity index (χ2v) is 10.8. The summed E-state index contributed by atoms with van der Waals surface area (Å²) in [7, 11) is -3.53. The summed E-state index contributed by atoms with van der Waals surface area (Å²) in [6.07, 6.45) is 0. The van der Waals surface area contributed by atoms with Crippen molar-refractivity contribution in [3.8, 4) is 6.07 Å². The number of halogens is 1. The molecule has 1 amide bonds. The van der Waals surface area contributed by atoms with E-state index >= 15 is 0 Å². The number of rotatable bonds is 6.